The lowest BCUT2D eigenvalue weighted by Gasteiger charge is -2.23. The van der Waals surface area contributed by atoms with E-state index < -0.39 is 0 Å². The smallest absolute Gasteiger partial charge is 0.0948 e. The molecule has 0 aliphatic carbocycles. The van der Waals surface area contributed by atoms with Crippen LogP contribution in [0.1, 0.15) is 37.3 Å². The molecule has 0 radical (unpaired) electrons. The van der Waals surface area contributed by atoms with Crippen molar-refractivity contribution in [2.24, 2.45) is 0 Å². The van der Waals surface area contributed by atoms with Crippen LogP contribution in [0.5, 0.6) is 0 Å². The Bertz CT molecular complexity index is 362. The van der Waals surface area contributed by atoms with Gasteiger partial charge in [-0.3, -0.25) is 0 Å². The van der Waals surface area contributed by atoms with Gasteiger partial charge in [-0.15, -0.1) is 0 Å². The molecule has 0 atom stereocenters. The molecule has 2 heterocycles. The molecule has 0 unspecified atom stereocenters. The number of unbranched alkanes of at least 4 members (excludes halogenated alkanes) is 1. The normalized spacial score (nSPS) is 16.6. The molecule has 1 aromatic rings. The number of nitrogens with one attached hydrogen (secondary N) is 1. The van der Waals surface area contributed by atoms with Gasteiger partial charge in [0.25, 0.3) is 0 Å². The van der Waals surface area contributed by atoms with Gasteiger partial charge in [0.1, 0.15) is 0 Å². The van der Waals surface area contributed by atoms with E-state index in [1.807, 2.05) is 12.5 Å². The number of rotatable bonds is 9. The van der Waals surface area contributed by atoms with Gasteiger partial charge < -0.3 is 19.4 Å². The first kappa shape index (κ1) is 15.5. The van der Waals surface area contributed by atoms with Crippen LogP contribution in [0.4, 0.5) is 0 Å². The molecule has 0 amide bonds. The molecule has 0 saturated carbocycles. The van der Waals surface area contributed by atoms with Crippen LogP contribution >= 0.6 is 0 Å². The highest BCUT2D eigenvalue weighted by Gasteiger charge is 2.18. The van der Waals surface area contributed by atoms with Crippen LogP contribution in [0.25, 0.3) is 0 Å². The van der Waals surface area contributed by atoms with E-state index in [2.05, 4.69) is 14.9 Å². The van der Waals surface area contributed by atoms with Crippen LogP contribution in [0.15, 0.2) is 12.5 Å². The minimum Gasteiger partial charge on any atom is -0.382 e. The highest BCUT2D eigenvalue weighted by atomic mass is 16.5. The Morgan fingerprint density at radius 1 is 1.25 bits per heavy atom. The third-order valence-electron chi connectivity index (χ3n) is 3.87. The van der Waals surface area contributed by atoms with Crippen molar-refractivity contribution in [1.29, 1.82) is 0 Å². The van der Waals surface area contributed by atoms with Crippen LogP contribution in [-0.4, -0.2) is 49.6 Å². The number of methoxy groups -OCH3 is 1. The van der Waals surface area contributed by atoms with Crippen molar-refractivity contribution >= 4 is 0 Å². The summed E-state index contributed by atoms with van der Waals surface area (Å²) in [5.41, 5.74) is 1.41. The molecule has 0 bridgehead atoms. The fourth-order valence-electron chi connectivity index (χ4n) is 2.71. The molecule has 1 aromatic heterocycles. The SMILES string of the molecule is COCCOCCCCn1cncc1C1CCNCC1. The first-order valence-electron chi connectivity index (χ1n) is 7.69. The second kappa shape index (κ2) is 9.10. The molecule has 1 saturated heterocycles. The molecule has 1 aliphatic rings. The van der Waals surface area contributed by atoms with Gasteiger partial charge in [-0.2, -0.15) is 0 Å². The Balaban J connectivity index is 1.66. The summed E-state index contributed by atoms with van der Waals surface area (Å²) >= 11 is 0. The number of imidazole rings is 1. The number of piperidine rings is 1. The molecule has 114 valence electrons. The predicted octanol–water partition coefficient (Wildman–Crippen LogP) is 1.79. The molecule has 5 heteroatoms. The second-order valence-electron chi connectivity index (χ2n) is 5.35. The van der Waals surface area contributed by atoms with Gasteiger partial charge in [0.05, 0.1) is 19.5 Å². The first-order valence-corrected chi connectivity index (χ1v) is 7.69. The monoisotopic (exact) mass is 281 g/mol. The van der Waals surface area contributed by atoms with E-state index in [-0.39, 0.29) is 0 Å². The minimum atomic E-state index is 0.678. The molecule has 5 nitrogen and oxygen atoms in total. The Kier molecular flexibility index (Phi) is 7.05. The van der Waals surface area contributed by atoms with E-state index in [4.69, 9.17) is 9.47 Å². The molecule has 1 aliphatic heterocycles. The standard InChI is InChI=1S/C15H27N3O2/c1-19-10-11-20-9-3-2-8-18-13-17-12-15(18)14-4-6-16-7-5-14/h12-14,16H,2-11H2,1H3. The Morgan fingerprint density at radius 3 is 2.90 bits per heavy atom. The molecule has 0 aromatic carbocycles. The van der Waals surface area contributed by atoms with E-state index >= 15 is 0 Å². The lowest BCUT2D eigenvalue weighted by molar-refractivity contribution is 0.0684. The van der Waals surface area contributed by atoms with Gasteiger partial charge in [-0.05, 0) is 38.8 Å². The van der Waals surface area contributed by atoms with Gasteiger partial charge in [0, 0.05) is 38.1 Å². The average Bonchev–Trinajstić information content (AvgIpc) is 2.96. The fourth-order valence-corrected chi connectivity index (χ4v) is 2.71. The van der Waals surface area contributed by atoms with Gasteiger partial charge in [0.2, 0.25) is 0 Å². The van der Waals surface area contributed by atoms with Gasteiger partial charge in [-0.1, -0.05) is 0 Å². The Morgan fingerprint density at radius 2 is 2.10 bits per heavy atom. The quantitative estimate of drug-likeness (QED) is 0.701. The highest BCUT2D eigenvalue weighted by Crippen LogP contribution is 2.24. The molecule has 1 fully saturated rings. The Labute approximate surface area is 121 Å². The van der Waals surface area contributed by atoms with Crippen LogP contribution in [-0.2, 0) is 16.0 Å². The molecule has 20 heavy (non-hydrogen) atoms. The number of hydrogen-bond acceptors (Lipinski definition) is 4. The third-order valence-corrected chi connectivity index (χ3v) is 3.87. The van der Waals surface area contributed by atoms with Crippen LogP contribution in [0.3, 0.4) is 0 Å². The molecule has 2 rings (SSSR count). The summed E-state index contributed by atoms with van der Waals surface area (Å²) in [6, 6.07) is 0. The summed E-state index contributed by atoms with van der Waals surface area (Å²) < 4.78 is 12.8. The van der Waals surface area contributed by atoms with Crippen molar-refractivity contribution in [1.82, 2.24) is 14.9 Å². The van der Waals surface area contributed by atoms with Crippen molar-refractivity contribution in [3.8, 4) is 0 Å². The van der Waals surface area contributed by atoms with E-state index in [0.29, 0.717) is 19.1 Å². The van der Waals surface area contributed by atoms with Crippen molar-refractivity contribution in [3.05, 3.63) is 18.2 Å². The van der Waals surface area contributed by atoms with Gasteiger partial charge in [-0.25, -0.2) is 4.98 Å². The van der Waals surface area contributed by atoms with E-state index in [9.17, 15) is 0 Å². The number of nitrogens with zero attached hydrogens (tertiary/aromatic N) is 2. The lowest BCUT2D eigenvalue weighted by atomic mass is 9.95. The number of hydrogen-bond donors (Lipinski definition) is 1. The molecule has 0 spiro atoms. The van der Waals surface area contributed by atoms with Crippen molar-refractivity contribution in [2.75, 3.05) is 40.0 Å². The summed E-state index contributed by atoms with van der Waals surface area (Å²) in [6.45, 7) is 5.50. The van der Waals surface area contributed by atoms with Crippen molar-refractivity contribution in [2.45, 2.75) is 38.1 Å². The summed E-state index contributed by atoms with van der Waals surface area (Å²) in [7, 11) is 1.70. The fraction of sp³-hybridized carbons (Fsp3) is 0.800. The zero-order valence-corrected chi connectivity index (χ0v) is 12.5. The zero-order chi connectivity index (χ0) is 14.0. The Hall–Kier alpha value is -0.910. The largest absolute Gasteiger partial charge is 0.382 e. The lowest BCUT2D eigenvalue weighted by Crippen LogP contribution is -2.27. The van der Waals surface area contributed by atoms with Gasteiger partial charge >= 0.3 is 0 Å². The number of aryl methyl sites for hydroxylation is 1. The predicted molar refractivity (Wildman–Crippen MR) is 79.0 cm³/mol. The van der Waals surface area contributed by atoms with Crippen LogP contribution in [0, 0.1) is 0 Å². The maximum Gasteiger partial charge on any atom is 0.0948 e. The molecule has 1 N–H and O–H groups in total. The molecular formula is C15H27N3O2. The third kappa shape index (κ3) is 4.89. The first-order chi connectivity index (χ1) is 9.92. The van der Waals surface area contributed by atoms with Crippen molar-refractivity contribution in [3.63, 3.8) is 0 Å². The summed E-state index contributed by atoms with van der Waals surface area (Å²) in [6.07, 6.45) is 8.71. The molecular weight excluding hydrogens is 254 g/mol. The summed E-state index contributed by atoms with van der Waals surface area (Å²) in [5, 5.41) is 3.42. The number of aromatic nitrogens is 2. The average molecular weight is 281 g/mol. The van der Waals surface area contributed by atoms with E-state index in [0.717, 1.165) is 39.1 Å². The second-order valence-corrected chi connectivity index (χ2v) is 5.35. The van der Waals surface area contributed by atoms with Crippen LogP contribution in [0.2, 0.25) is 0 Å². The summed E-state index contributed by atoms with van der Waals surface area (Å²) in [4.78, 5) is 4.33. The van der Waals surface area contributed by atoms with E-state index in [1.165, 1.54) is 18.5 Å². The maximum absolute atomic E-state index is 5.48. The van der Waals surface area contributed by atoms with Crippen molar-refractivity contribution < 1.29 is 9.47 Å². The van der Waals surface area contributed by atoms with E-state index in [1.54, 1.807) is 7.11 Å². The maximum atomic E-state index is 5.48. The zero-order valence-electron chi connectivity index (χ0n) is 12.5. The summed E-state index contributed by atoms with van der Waals surface area (Å²) in [5.74, 6) is 0.678. The van der Waals surface area contributed by atoms with Crippen LogP contribution < -0.4 is 5.32 Å². The topological polar surface area (TPSA) is 48.3 Å². The minimum absolute atomic E-state index is 0.678. The van der Waals surface area contributed by atoms with Gasteiger partial charge in [0.15, 0.2) is 0 Å². The highest BCUT2D eigenvalue weighted by molar-refractivity contribution is 5.07. The number of ether oxygens (including phenoxy) is 2.